The molecule has 0 unspecified atom stereocenters. The molecule has 0 aromatic rings. The molecule has 1 fully saturated rings. The summed E-state index contributed by atoms with van der Waals surface area (Å²) in [7, 11) is 0. The quantitative estimate of drug-likeness (QED) is 0.473. The lowest BCUT2D eigenvalue weighted by Crippen LogP contribution is -2.64. The first kappa shape index (κ1) is 15.3. The van der Waals surface area contributed by atoms with Gasteiger partial charge in [-0.25, -0.2) is 0 Å². The minimum atomic E-state index is -1.32. The Hall–Kier alpha value is -0.730. The Labute approximate surface area is 106 Å². The third kappa shape index (κ3) is 3.63. The molecule has 4 N–H and O–H groups in total. The van der Waals surface area contributed by atoms with Crippen LogP contribution in [0.4, 0.5) is 0 Å². The maximum atomic E-state index is 11.1. The highest BCUT2D eigenvalue weighted by molar-refractivity contribution is 5.73. The van der Waals surface area contributed by atoms with Gasteiger partial charge in [0.25, 0.3) is 0 Å². The summed E-state index contributed by atoms with van der Waals surface area (Å²) >= 11 is 0. The van der Waals surface area contributed by atoms with E-state index in [9.17, 15) is 15.0 Å². The summed E-state index contributed by atoms with van der Waals surface area (Å²) < 4.78 is 10.5. The van der Waals surface area contributed by atoms with Crippen molar-refractivity contribution in [3.05, 3.63) is 0 Å². The monoisotopic (exact) mass is 263 g/mol. The Morgan fingerprint density at radius 1 is 1.44 bits per heavy atom. The lowest BCUT2D eigenvalue weighted by Gasteiger charge is -2.42. The van der Waals surface area contributed by atoms with Crippen LogP contribution < -0.4 is 5.32 Å². The van der Waals surface area contributed by atoms with Gasteiger partial charge in [0.15, 0.2) is 6.29 Å². The molecule has 1 aliphatic rings. The molecule has 1 heterocycles. The molecule has 0 spiro atoms. The summed E-state index contributed by atoms with van der Waals surface area (Å²) in [4.78, 5) is 11.1. The molecule has 0 bridgehead atoms. The van der Waals surface area contributed by atoms with Gasteiger partial charge in [-0.1, -0.05) is 6.92 Å². The molecule has 0 aliphatic carbocycles. The van der Waals surface area contributed by atoms with E-state index >= 15 is 0 Å². The van der Waals surface area contributed by atoms with Crippen LogP contribution in [-0.4, -0.2) is 65.1 Å². The molecule has 1 rings (SSSR count). The van der Waals surface area contributed by atoms with Gasteiger partial charge in [-0.2, -0.15) is 0 Å². The van der Waals surface area contributed by atoms with E-state index in [0.29, 0.717) is 6.61 Å². The number of nitrogens with one attached hydrogen (secondary N) is 1. The summed E-state index contributed by atoms with van der Waals surface area (Å²) in [5, 5.41) is 31.3. The standard InChI is InChI=1S/C11H21NO6/c1-3-4-17-10-8(12-6(2)14)11(16)18-7(5-13)9(10)15/h7-11,13,15-16H,3-5H2,1-2H3,(H,12,14)/t7-,8-,9+,10-,11+/m0/s1. The van der Waals surface area contributed by atoms with Crippen molar-refractivity contribution in [2.45, 2.75) is 50.9 Å². The number of carbonyl (C=O) groups excluding carboxylic acids is 1. The fraction of sp³-hybridized carbons (Fsp3) is 0.909. The van der Waals surface area contributed by atoms with Crippen molar-refractivity contribution in [3.8, 4) is 0 Å². The van der Waals surface area contributed by atoms with Crippen molar-refractivity contribution in [1.82, 2.24) is 5.32 Å². The minimum absolute atomic E-state index is 0.359. The lowest BCUT2D eigenvalue weighted by atomic mass is 9.96. The molecule has 5 atom stereocenters. The van der Waals surface area contributed by atoms with Crippen LogP contribution in [0.2, 0.25) is 0 Å². The molecule has 1 saturated heterocycles. The fourth-order valence-corrected chi connectivity index (χ4v) is 1.93. The Morgan fingerprint density at radius 3 is 2.61 bits per heavy atom. The zero-order chi connectivity index (χ0) is 13.7. The molecule has 18 heavy (non-hydrogen) atoms. The second-order valence-electron chi connectivity index (χ2n) is 4.30. The number of ether oxygens (including phenoxy) is 2. The molecule has 106 valence electrons. The molecule has 0 saturated carbocycles. The van der Waals surface area contributed by atoms with Crippen molar-refractivity contribution in [1.29, 1.82) is 0 Å². The Kier molecular flexibility index (Phi) is 5.97. The Bertz CT molecular complexity index is 274. The summed E-state index contributed by atoms with van der Waals surface area (Å²) in [5.41, 5.74) is 0. The zero-order valence-corrected chi connectivity index (χ0v) is 10.6. The molecule has 1 amide bonds. The van der Waals surface area contributed by atoms with Crippen LogP contribution in [0.15, 0.2) is 0 Å². The first-order chi connectivity index (χ1) is 8.51. The smallest absolute Gasteiger partial charge is 0.217 e. The first-order valence-electron chi connectivity index (χ1n) is 6.02. The zero-order valence-electron chi connectivity index (χ0n) is 10.6. The Balaban J connectivity index is 2.79. The normalized spacial score (nSPS) is 36.4. The van der Waals surface area contributed by atoms with E-state index in [4.69, 9.17) is 14.6 Å². The van der Waals surface area contributed by atoms with Gasteiger partial charge in [0, 0.05) is 13.5 Å². The second-order valence-corrected chi connectivity index (χ2v) is 4.30. The van der Waals surface area contributed by atoms with Crippen molar-refractivity contribution in [2.75, 3.05) is 13.2 Å². The Morgan fingerprint density at radius 2 is 2.11 bits per heavy atom. The number of rotatable bonds is 5. The summed E-state index contributed by atoms with van der Waals surface area (Å²) in [6.07, 6.45) is -3.43. The highest BCUT2D eigenvalue weighted by Crippen LogP contribution is 2.22. The molecule has 0 radical (unpaired) electrons. The van der Waals surface area contributed by atoms with Crippen molar-refractivity contribution < 1.29 is 29.6 Å². The predicted molar refractivity (Wildman–Crippen MR) is 61.6 cm³/mol. The van der Waals surface area contributed by atoms with Gasteiger partial charge in [0.2, 0.25) is 5.91 Å². The van der Waals surface area contributed by atoms with Crippen molar-refractivity contribution in [3.63, 3.8) is 0 Å². The molecule has 7 heteroatoms. The predicted octanol–water partition coefficient (Wildman–Crippen LogP) is -1.64. The van der Waals surface area contributed by atoms with E-state index < -0.39 is 37.3 Å². The fourth-order valence-electron chi connectivity index (χ4n) is 1.93. The van der Waals surface area contributed by atoms with E-state index in [1.165, 1.54) is 6.92 Å². The molecule has 7 nitrogen and oxygen atoms in total. The van der Waals surface area contributed by atoms with E-state index in [1.807, 2.05) is 6.92 Å². The van der Waals surface area contributed by atoms with Crippen LogP contribution in [0.3, 0.4) is 0 Å². The number of hydrogen-bond acceptors (Lipinski definition) is 6. The maximum Gasteiger partial charge on any atom is 0.217 e. The van der Waals surface area contributed by atoms with E-state index in [0.717, 1.165) is 6.42 Å². The SMILES string of the molecule is CCCO[C@@H]1[C@H](O)[C@H](CO)O[C@@H](O)[C@H]1NC(C)=O. The third-order valence-electron chi connectivity index (χ3n) is 2.76. The maximum absolute atomic E-state index is 11.1. The number of amides is 1. The number of carbonyl (C=O) groups is 1. The van der Waals surface area contributed by atoms with Gasteiger partial charge >= 0.3 is 0 Å². The van der Waals surface area contributed by atoms with Gasteiger partial charge < -0.3 is 30.1 Å². The third-order valence-corrected chi connectivity index (χ3v) is 2.76. The second kappa shape index (κ2) is 7.01. The van der Waals surface area contributed by atoms with Crippen LogP contribution >= 0.6 is 0 Å². The average molecular weight is 263 g/mol. The van der Waals surface area contributed by atoms with Gasteiger partial charge in [0.05, 0.1) is 6.61 Å². The highest BCUT2D eigenvalue weighted by Gasteiger charge is 2.45. The summed E-state index contributed by atoms with van der Waals surface area (Å²) in [6, 6.07) is -0.855. The summed E-state index contributed by atoms with van der Waals surface area (Å²) in [6.45, 7) is 3.15. The highest BCUT2D eigenvalue weighted by atomic mass is 16.6. The van der Waals surface area contributed by atoms with Crippen LogP contribution in [-0.2, 0) is 14.3 Å². The van der Waals surface area contributed by atoms with E-state index in [-0.39, 0.29) is 5.91 Å². The minimum Gasteiger partial charge on any atom is -0.394 e. The van der Waals surface area contributed by atoms with Gasteiger partial charge in [-0.3, -0.25) is 4.79 Å². The van der Waals surface area contributed by atoms with Crippen LogP contribution in [0, 0.1) is 0 Å². The largest absolute Gasteiger partial charge is 0.394 e. The van der Waals surface area contributed by atoms with Crippen molar-refractivity contribution >= 4 is 5.91 Å². The van der Waals surface area contributed by atoms with Gasteiger partial charge in [-0.15, -0.1) is 0 Å². The van der Waals surface area contributed by atoms with Crippen molar-refractivity contribution in [2.24, 2.45) is 0 Å². The first-order valence-corrected chi connectivity index (χ1v) is 6.02. The van der Waals surface area contributed by atoms with Crippen LogP contribution in [0.5, 0.6) is 0 Å². The molecular formula is C11H21NO6. The van der Waals surface area contributed by atoms with Gasteiger partial charge in [0.1, 0.15) is 24.4 Å². The van der Waals surface area contributed by atoms with Crippen LogP contribution in [0.1, 0.15) is 20.3 Å². The molecule has 0 aromatic heterocycles. The number of hydrogen-bond donors (Lipinski definition) is 4. The van der Waals surface area contributed by atoms with Crippen LogP contribution in [0.25, 0.3) is 0 Å². The molecule has 1 aliphatic heterocycles. The lowest BCUT2D eigenvalue weighted by molar-refractivity contribution is -0.261. The number of aliphatic hydroxyl groups excluding tert-OH is 3. The van der Waals surface area contributed by atoms with E-state index in [1.54, 1.807) is 0 Å². The average Bonchev–Trinajstić information content (AvgIpc) is 2.32. The van der Waals surface area contributed by atoms with E-state index in [2.05, 4.69) is 5.32 Å². The molecular weight excluding hydrogens is 242 g/mol. The topological polar surface area (TPSA) is 108 Å². The van der Waals surface area contributed by atoms with Gasteiger partial charge in [-0.05, 0) is 6.42 Å². The molecule has 0 aromatic carbocycles. The summed E-state index contributed by atoms with van der Waals surface area (Å²) in [5.74, 6) is -0.359. The number of aliphatic hydroxyl groups is 3.